The van der Waals surface area contributed by atoms with Gasteiger partial charge in [0.05, 0.1) is 6.61 Å². The molecule has 0 aliphatic carbocycles. The van der Waals surface area contributed by atoms with Crippen molar-refractivity contribution in [3.63, 3.8) is 0 Å². The van der Waals surface area contributed by atoms with Crippen LogP contribution in [-0.4, -0.2) is 36.8 Å². The second kappa shape index (κ2) is 4.52. The van der Waals surface area contributed by atoms with E-state index in [0.29, 0.717) is 11.7 Å². The van der Waals surface area contributed by atoms with Crippen molar-refractivity contribution in [2.75, 3.05) is 43.2 Å². The van der Waals surface area contributed by atoms with Crippen LogP contribution in [-0.2, 0) is 4.74 Å². The van der Waals surface area contributed by atoms with Gasteiger partial charge in [0.1, 0.15) is 11.6 Å². The minimum absolute atomic E-state index is 0.227. The van der Waals surface area contributed by atoms with Crippen LogP contribution in [0.25, 0.3) is 0 Å². The lowest BCUT2D eigenvalue weighted by Crippen LogP contribution is -2.22. The molecule has 6 nitrogen and oxygen atoms in total. The van der Waals surface area contributed by atoms with Gasteiger partial charge in [-0.3, -0.25) is 0 Å². The van der Waals surface area contributed by atoms with Crippen molar-refractivity contribution >= 4 is 17.6 Å². The van der Waals surface area contributed by atoms with Crippen LogP contribution in [0.4, 0.5) is 17.6 Å². The first-order chi connectivity index (χ1) is 7.69. The van der Waals surface area contributed by atoms with E-state index in [1.807, 2.05) is 0 Å². The molecule has 6 heteroatoms. The molecule has 1 aliphatic heterocycles. The summed E-state index contributed by atoms with van der Waals surface area (Å²) in [7, 11) is 1.73. The molecule has 16 heavy (non-hydrogen) atoms. The van der Waals surface area contributed by atoms with Crippen LogP contribution in [0.3, 0.4) is 0 Å². The Morgan fingerprint density at radius 3 is 3.00 bits per heavy atom. The van der Waals surface area contributed by atoms with Gasteiger partial charge in [-0.15, -0.1) is 0 Å². The van der Waals surface area contributed by atoms with Gasteiger partial charge in [-0.1, -0.05) is 0 Å². The number of hydrogen-bond donors (Lipinski definition) is 2. The van der Waals surface area contributed by atoms with Gasteiger partial charge in [0.2, 0.25) is 5.95 Å². The zero-order valence-electron chi connectivity index (χ0n) is 9.39. The highest BCUT2D eigenvalue weighted by Crippen LogP contribution is 2.23. The maximum Gasteiger partial charge on any atom is 0.223 e. The molecule has 0 amide bonds. The first kappa shape index (κ1) is 10.9. The lowest BCUT2D eigenvalue weighted by molar-refractivity contribution is 0.161. The van der Waals surface area contributed by atoms with Crippen molar-refractivity contribution in [3.8, 4) is 0 Å². The summed E-state index contributed by atoms with van der Waals surface area (Å²) in [5, 5.41) is 0. The van der Waals surface area contributed by atoms with Crippen LogP contribution in [0.5, 0.6) is 0 Å². The molecule has 0 bridgehead atoms. The Morgan fingerprint density at radius 2 is 2.31 bits per heavy atom. The number of ether oxygens (including phenoxy) is 1. The molecule has 2 heterocycles. The van der Waals surface area contributed by atoms with Gasteiger partial charge in [0, 0.05) is 32.2 Å². The van der Waals surface area contributed by atoms with E-state index < -0.39 is 0 Å². The molecule has 4 N–H and O–H groups in total. The zero-order chi connectivity index (χ0) is 11.5. The van der Waals surface area contributed by atoms with Gasteiger partial charge >= 0.3 is 0 Å². The van der Waals surface area contributed by atoms with Crippen LogP contribution in [0.2, 0.25) is 0 Å². The van der Waals surface area contributed by atoms with Crippen molar-refractivity contribution in [2.45, 2.75) is 6.42 Å². The molecular weight excluding hydrogens is 206 g/mol. The van der Waals surface area contributed by atoms with Gasteiger partial charge in [-0.05, 0) is 6.42 Å². The van der Waals surface area contributed by atoms with Gasteiger partial charge in [0.15, 0.2) is 0 Å². The van der Waals surface area contributed by atoms with Crippen LogP contribution in [0.15, 0.2) is 6.07 Å². The van der Waals surface area contributed by atoms with E-state index in [9.17, 15) is 0 Å². The molecule has 1 unspecified atom stereocenters. The number of methoxy groups -OCH3 is 1. The fourth-order valence-corrected chi connectivity index (χ4v) is 2.05. The minimum Gasteiger partial charge on any atom is -0.384 e. The number of nitrogens with two attached hydrogens (primary N) is 2. The Bertz CT molecular complexity index is 350. The van der Waals surface area contributed by atoms with Crippen molar-refractivity contribution in [3.05, 3.63) is 6.07 Å². The van der Waals surface area contributed by atoms with Gasteiger partial charge in [-0.25, -0.2) is 0 Å². The van der Waals surface area contributed by atoms with Crippen molar-refractivity contribution in [2.24, 2.45) is 5.92 Å². The maximum absolute atomic E-state index is 5.64. The van der Waals surface area contributed by atoms with Crippen LogP contribution < -0.4 is 16.4 Å². The number of nitrogens with zero attached hydrogens (tertiary/aromatic N) is 3. The molecule has 1 saturated heterocycles. The summed E-state index contributed by atoms with van der Waals surface area (Å²) in [4.78, 5) is 10.2. The molecule has 0 saturated carbocycles. The van der Waals surface area contributed by atoms with E-state index in [0.717, 1.165) is 31.9 Å². The van der Waals surface area contributed by atoms with Crippen molar-refractivity contribution in [1.82, 2.24) is 9.97 Å². The maximum atomic E-state index is 5.64. The topological polar surface area (TPSA) is 90.3 Å². The highest BCUT2D eigenvalue weighted by molar-refractivity contribution is 5.50. The number of hydrogen-bond acceptors (Lipinski definition) is 6. The smallest absolute Gasteiger partial charge is 0.223 e. The summed E-state index contributed by atoms with van der Waals surface area (Å²) in [6.45, 7) is 2.68. The van der Waals surface area contributed by atoms with E-state index in [2.05, 4.69) is 14.9 Å². The zero-order valence-corrected chi connectivity index (χ0v) is 9.39. The summed E-state index contributed by atoms with van der Waals surface area (Å²) < 4.78 is 5.15. The third kappa shape index (κ3) is 2.33. The van der Waals surface area contributed by atoms with Gasteiger partial charge < -0.3 is 21.1 Å². The molecule has 0 spiro atoms. The Morgan fingerprint density at radius 1 is 1.50 bits per heavy atom. The SMILES string of the molecule is COCC1CCN(c2cc(N)nc(N)n2)C1. The normalized spacial score (nSPS) is 20.3. The predicted octanol–water partition coefficient (Wildman–Crippen LogP) is 0.114. The Balaban J connectivity index is 2.08. The highest BCUT2D eigenvalue weighted by atomic mass is 16.5. The van der Waals surface area contributed by atoms with E-state index in [1.165, 1.54) is 0 Å². The van der Waals surface area contributed by atoms with Crippen molar-refractivity contribution in [1.29, 1.82) is 0 Å². The van der Waals surface area contributed by atoms with Crippen LogP contribution in [0.1, 0.15) is 6.42 Å². The summed E-state index contributed by atoms with van der Waals surface area (Å²) in [6, 6.07) is 1.76. The fourth-order valence-electron chi connectivity index (χ4n) is 2.05. The van der Waals surface area contributed by atoms with E-state index in [4.69, 9.17) is 16.2 Å². The second-order valence-corrected chi connectivity index (χ2v) is 4.07. The Kier molecular flexibility index (Phi) is 3.09. The Labute approximate surface area is 94.6 Å². The first-order valence-corrected chi connectivity index (χ1v) is 5.33. The number of rotatable bonds is 3. The molecule has 1 atom stereocenters. The van der Waals surface area contributed by atoms with E-state index in [-0.39, 0.29) is 5.95 Å². The number of aromatic nitrogens is 2. The summed E-state index contributed by atoms with van der Waals surface area (Å²) in [6.07, 6.45) is 1.11. The first-order valence-electron chi connectivity index (χ1n) is 5.33. The number of anilines is 3. The molecule has 1 aromatic rings. The minimum atomic E-state index is 0.227. The third-order valence-corrected chi connectivity index (χ3v) is 2.76. The lowest BCUT2D eigenvalue weighted by atomic mass is 10.1. The average Bonchev–Trinajstić information content (AvgIpc) is 2.65. The molecule has 88 valence electrons. The summed E-state index contributed by atoms with van der Waals surface area (Å²) in [5.41, 5.74) is 11.2. The van der Waals surface area contributed by atoms with Gasteiger partial charge in [-0.2, -0.15) is 9.97 Å². The van der Waals surface area contributed by atoms with Crippen LogP contribution >= 0.6 is 0 Å². The highest BCUT2D eigenvalue weighted by Gasteiger charge is 2.23. The lowest BCUT2D eigenvalue weighted by Gasteiger charge is -2.17. The summed E-state index contributed by atoms with van der Waals surface area (Å²) >= 11 is 0. The molecule has 2 rings (SSSR count). The molecule has 0 aromatic carbocycles. The predicted molar refractivity (Wildman–Crippen MR) is 63.1 cm³/mol. The standard InChI is InChI=1S/C10H17N5O/c1-16-6-7-2-3-15(5-7)9-4-8(11)13-10(12)14-9/h4,7H,2-3,5-6H2,1H3,(H4,11,12,13,14). The average molecular weight is 223 g/mol. The fraction of sp³-hybridized carbons (Fsp3) is 0.600. The van der Waals surface area contributed by atoms with Gasteiger partial charge in [0.25, 0.3) is 0 Å². The number of nitrogen functional groups attached to an aromatic ring is 2. The largest absolute Gasteiger partial charge is 0.384 e. The monoisotopic (exact) mass is 223 g/mol. The summed E-state index contributed by atoms with van der Waals surface area (Å²) in [5.74, 6) is 2.01. The quantitative estimate of drug-likeness (QED) is 0.756. The van der Waals surface area contributed by atoms with E-state index >= 15 is 0 Å². The van der Waals surface area contributed by atoms with E-state index in [1.54, 1.807) is 13.2 Å². The van der Waals surface area contributed by atoms with Crippen molar-refractivity contribution < 1.29 is 4.74 Å². The molecule has 0 radical (unpaired) electrons. The van der Waals surface area contributed by atoms with Crippen LogP contribution in [0, 0.1) is 5.92 Å². The second-order valence-electron chi connectivity index (χ2n) is 4.07. The molecule has 1 aliphatic rings. The molecule has 1 aromatic heterocycles. The molecular formula is C10H17N5O. The third-order valence-electron chi connectivity index (χ3n) is 2.76. The molecule has 1 fully saturated rings. The Hall–Kier alpha value is -1.56.